The maximum Gasteiger partial charge on any atom is 0.103 e. The van der Waals surface area contributed by atoms with Crippen LogP contribution >= 0.6 is 39.1 Å². The van der Waals surface area contributed by atoms with Crippen LogP contribution in [0.25, 0.3) is 0 Å². The summed E-state index contributed by atoms with van der Waals surface area (Å²) in [6, 6.07) is 13.3. The summed E-state index contributed by atoms with van der Waals surface area (Å²) in [5, 5.41) is 11.4. The van der Waals surface area contributed by atoms with Gasteiger partial charge in [-0.2, -0.15) is 5.11 Å². The van der Waals surface area contributed by atoms with Gasteiger partial charge in [0.1, 0.15) is 6.04 Å². The minimum absolute atomic E-state index is 0.0719. The monoisotopic (exact) mass is 369 g/mol. The lowest BCUT2D eigenvalue weighted by molar-refractivity contribution is 0.732. The molecule has 1 aliphatic heterocycles. The lowest BCUT2D eigenvalue weighted by Gasteiger charge is -2.23. The minimum Gasteiger partial charge on any atom is -0.238 e. The highest BCUT2D eigenvalue weighted by molar-refractivity contribution is 9.10. The average Bonchev–Trinajstić information content (AvgIpc) is 2.88. The average molecular weight is 371 g/mol. The van der Waals surface area contributed by atoms with Gasteiger partial charge in [-0.1, -0.05) is 50.4 Å². The van der Waals surface area contributed by atoms with Crippen molar-refractivity contribution in [2.75, 3.05) is 11.6 Å². The first-order valence-corrected chi connectivity index (χ1v) is 7.58. The molecule has 20 heavy (non-hydrogen) atoms. The number of halogens is 3. The Balaban J connectivity index is 2.00. The Morgan fingerprint density at radius 1 is 1.05 bits per heavy atom. The van der Waals surface area contributed by atoms with Crippen molar-refractivity contribution in [1.82, 2.24) is 0 Å². The zero-order valence-electron chi connectivity index (χ0n) is 10.3. The van der Waals surface area contributed by atoms with E-state index < -0.39 is 0 Å². The summed E-state index contributed by atoms with van der Waals surface area (Å²) >= 11 is 16.0. The van der Waals surface area contributed by atoms with E-state index in [0.717, 1.165) is 15.7 Å². The van der Waals surface area contributed by atoms with E-state index in [2.05, 4.69) is 26.3 Å². The van der Waals surface area contributed by atoms with Gasteiger partial charge < -0.3 is 0 Å². The Morgan fingerprint density at radius 2 is 1.70 bits per heavy atom. The maximum absolute atomic E-state index is 6.29. The first kappa shape index (κ1) is 13.9. The predicted molar refractivity (Wildman–Crippen MR) is 85.5 cm³/mol. The number of rotatable bonds is 2. The van der Waals surface area contributed by atoms with Crippen LogP contribution in [0.1, 0.15) is 11.6 Å². The number of benzene rings is 2. The summed E-state index contributed by atoms with van der Waals surface area (Å²) in [7, 11) is 0. The van der Waals surface area contributed by atoms with Crippen molar-refractivity contribution >= 4 is 44.8 Å². The van der Waals surface area contributed by atoms with Crippen molar-refractivity contribution in [3.8, 4) is 0 Å². The molecule has 2 aromatic carbocycles. The van der Waals surface area contributed by atoms with Gasteiger partial charge in [0.15, 0.2) is 0 Å². The fourth-order valence-corrected chi connectivity index (χ4v) is 3.10. The molecule has 0 aliphatic carbocycles. The number of nitrogens with zero attached hydrogens (tertiary/aromatic N) is 3. The molecule has 2 aromatic rings. The first-order valence-electron chi connectivity index (χ1n) is 6.03. The van der Waals surface area contributed by atoms with Crippen LogP contribution < -0.4 is 5.01 Å². The van der Waals surface area contributed by atoms with E-state index in [0.29, 0.717) is 16.6 Å². The molecule has 0 radical (unpaired) electrons. The molecule has 102 valence electrons. The van der Waals surface area contributed by atoms with Crippen molar-refractivity contribution in [2.24, 2.45) is 10.3 Å². The van der Waals surface area contributed by atoms with Gasteiger partial charge in [0.25, 0.3) is 0 Å². The first-order chi connectivity index (χ1) is 9.66. The van der Waals surface area contributed by atoms with E-state index in [1.807, 2.05) is 47.5 Å². The summed E-state index contributed by atoms with van der Waals surface area (Å²) in [5.41, 5.74) is 1.82. The third-order valence-electron chi connectivity index (χ3n) is 3.13. The van der Waals surface area contributed by atoms with Crippen LogP contribution in [0.5, 0.6) is 0 Å². The molecule has 0 aromatic heterocycles. The summed E-state index contributed by atoms with van der Waals surface area (Å²) in [6.07, 6.45) is 0. The zero-order chi connectivity index (χ0) is 14.1. The third-order valence-corrected chi connectivity index (χ3v) is 4.32. The second-order valence-electron chi connectivity index (χ2n) is 4.39. The molecule has 0 spiro atoms. The molecule has 0 bridgehead atoms. The van der Waals surface area contributed by atoms with Gasteiger partial charge in [-0.3, -0.25) is 0 Å². The SMILES string of the molecule is Clc1cccc(Cl)c1C1CN=NN1c1ccc(Br)cc1. The van der Waals surface area contributed by atoms with Gasteiger partial charge >= 0.3 is 0 Å². The fourth-order valence-electron chi connectivity index (χ4n) is 2.19. The van der Waals surface area contributed by atoms with E-state index in [4.69, 9.17) is 23.2 Å². The molecule has 1 atom stereocenters. The molecule has 0 saturated carbocycles. The lowest BCUT2D eigenvalue weighted by atomic mass is 10.1. The van der Waals surface area contributed by atoms with Crippen LogP contribution in [0.4, 0.5) is 5.69 Å². The van der Waals surface area contributed by atoms with Crippen LogP contribution in [-0.2, 0) is 0 Å². The van der Waals surface area contributed by atoms with Crippen LogP contribution in [0.15, 0.2) is 57.3 Å². The summed E-state index contributed by atoms with van der Waals surface area (Å²) in [6.45, 7) is 0.541. The molecule has 1 heterocycles. The van der Waals surface area contributed by atoms with E-state index in [1.54, 1.807) is 0 Å². The highest BCUT2D eigenvalue weighted by Gasteiger charge is 2.29. The van der Waals surface area contributed by atoms with Gasteiger partial charge in [0, 0.05) is 20.1 Å². The standard InChI is InChI=1S/C14H10BrCl2N3/c15-9-4-6-10(7-5-9)20-13(8-18-19-20)14-11(16)2-1-3-12(14)17/h1-7,13H,8H2. The molecule has 0 N–H and O–H groups in total. The molecule has 0 amide bonds. The Morgan fingerprint density at radius 3 is 2.35 bits per heavy atom. The Bertz CT molecular complexity index is 638. The second kappa shape index (κ2) is 5.72. The maximum atomic E-state index is 6.29. The van der Waals surface area contributed by atoms with Crippen molar-refractivity contribution in [3.63, 3.8) is 0 Å². The topological polar surface area (TPSA) is 28.0 Å². The Kier molecular flexibility index (Phi) is 3.96. The molecule has 6 heteroatoms. The van der Waals surface area contributed by atoms with Crippen LogP contribution in [0.2, 0.25) is 10.0 Å². The van der Waals surface area contributed by atoms with Gasteiger partial charge in [-0.15, -0.1) is 0 Å². The largest absolute Gasteiger partial charge is 0.238 e. The lowest BCUT2D eigenvalue weighted by Crippen LogP contribution is -2.21. The highest BCUT2D eigenvalue weighted by atomic mass is 79.9. The van der Waals surface area contributed by atoms with Crippen LogP contribution in [0, 0.1) is 0 Å². The second-order valence-corrected chi connectivity index (χ2v) is 6.12. The summed E-state index contributed by atoms with van der Waals surface area (Å²) < 4.78 is 1.02. The van der Waals surface area contributed by atoms with Gasteiger partial charge in [-0.25, -0.2) is 5.01 Å². The molecule has 0 saturated heterocycles. The number of hydrogen-bond acceptors (Lipinski definition) is 3. The summed E-state index contributed by atoms with van der Waals surface area (Å²) in [5.74, 6) is 0. The molecular formula is C14H10BrCl2N3. The van der Waals surface area contributed by atoms with Crippen molar-refractivity contribution in [3.05, 3.63) is 62.5 Å². The molecule has 0 fully saturated rings. The van der Waals surface area contributed by atoms with Crippen molar-refractivity contribution in [2.45, 2.75) is 6.04 Å². The molecule has 1 aliphatic rings. The Labute approximate surface area is 135 Å². The zero-order valence-corrected chi connectivity index (χ0v) is 13.4. The normalized spacial score (nSPS) is 17.8. The molecular weight excluding hydrogens is 361 g/mol. The van der Waals surface area contributed by atoms with Gasteiger partial charge in [0.2, 0.25) is 0 Å². The quantitative estimate of drug-likeness (QED) is 0.667. The van der Waals surface area contributed by atoms with E-state index in [-0.39, 0.29) is 6.04 Å². The number of hydrogen-bond donors (Lipinski definition) is 0. The molecule has 3 nitrogen and oxygen atoms in total. The van der Waals surface area contributed by atoms with E-state index in [9.17, 15) is 0 Å². The number of anilines is 1. The van der Waals surface area contributed by atoms with Gasteiger partial charge in [-0.05, 0) is 36.4 Å². The fraction of sp³-hybridized carbons (Fsp3) is 0.143. The smallest absolute Gasteiger partial charge is 0.103 e. The third kappa shape index (κ3) is 2.55. The van der Waals surface area contributed by atoms with Crippen LogP contribution in [-0.4, -0.2) is 6.54 Å². The van der Waals surface area contributed by atoms with E-state index in [1.165, 1.54) is 0 Å². The van der Waals surface area contributed by atoms with Gasteiger partial charge in [0.05, 0.1) is 12.2 Å². The minimum atomic E-state index is -0.0719. The highest BCUT2D eigenvalue weighted by Crippen LogP contribution is 2.39. The van der Waals surface area contributed by atoms with Crippen LogP contribution in [0.3, 0.4) is 0 Å². The van der Waals surface area contributed by atoms with E-state index >= 15 is 0 Å². The Hall–Kier alpha value is -1.10. The molecule has 3 rings (SSSR count). The van der Waals surface area contributed by atoms with Crippen molar-refractivity contribution in [1.29, 1.82) is 0 Å². The predicted octanol–water partition coefficient (Wildman–Crippen LogP) is 5.68. The molecule has 1 unspecified atom stereocenters. The summed E-state index contributed by atoms with van der Waals surface area (Å²) in [4.78, 5) is 0. The van der Waals surface area contributed by atoms with Crippen molar-refractivity contribution < 1.29 is 0 Å².